The smallest absolute Gasteiger partial charge is 0.404 e. The van der Waals surface area contributed by atoms with Crippen LogP contribution in [-0.4, -0.2) is 53.5 Å². The fourth-order valence-electron chi connectivity index (χ4n) is 3.74. The number of nitrogens with one attached hydrogen (secondary N) is 2. The third-order valence-electron chi connectivity index (χ3n) is 5.43. The first-order chi connectivity index (χ1) is 18.0. The molecule has 190 valence electrons. The van der Waals surface area contributed by atoms with Crippen LogP contribution in [0.25, 0.3) is 0 Å². The third-order valence-corrected chi connectivity index (χ3v) is 5.43. The highest BCUT2D eigenvalue weighted by Crippen LogP contribution is 2.12. The number of carbonyl (C=O) groups excluding carboxylic acids is 1. The molecule has 0 aliphatic carbocycles. The maximum atomic E-state index is 12.5. The average Bonchev–Trinajstić information content (AvgIpc) is 3.32. The zero-order valence-electron chi connectivity index (χ0n) is 20.2. The molecule has 37 heavy (non-hydrogen) atoms. The fourth-order valence-corrected chi connectivity index (χ4v) is 3.74. The summed E-state index contributed by atoms with van der Waals surface area (Å²) in [5, 5.41) is 22.2. The normalized spacial score (nSPS) is 10.8. The Balaban J connectivity index is 1.32. The summed E-state index contributed by atoms with van der Waals surface area (Å²) in [6.45, 7) is 2.11. The summed E-state index contributed by atoms with van der Waals surface area (Å²) in [4.78, 5) is 34.1. The number of anilines is 1. The second kappa shape index (κ2) is 12.9. The maximum Gasteiger partial charge on any atom is 0.404 e. The van der Waals surface area contributed by atoms with E-state index in [4.69, 9.17) is 5.11 Å². The number of nitrogens with zero attached hydrogens (tertiary/aromatic N) is 6. The molecule has 0 bridgehead atoms. The van der Waals surface area contributed by atoms with Gasteiger partial charge in [-0.25, -0.2) is 9.48 Å². The SMILES string of the molecule is O=C(O)NCCc1ccc(NC(=O)Cn2cc(CN(Cc3ccccn3)Cc3ccccn3)nn2)cc1. The molecule has 0 aliphatic heterocycles. The minimum atomic E-state index is -1.05. The standard InChI is InChI=1S/C26H28N8O3/c35-25(30-21-9-7-20(8-10-21)11-14-29-26(36)37)19-34-18-24(31-32-34)17-33(15-22-5-1-3-12-27-22)16-23-6-2-4-13-28-23/h1-10,12-13,18,29H,11,14-17,19H2,(H,30,35)(H,36,37). The van der Waals surface area contributed by atoms with Gasteiger partial charge >= 0.3 is 6.09 Å². The zero-order chi connectivity index (χ0) is 25.9. The van der Waals surface area contributed by atoms with Crippen LogP contribution < -0.4 is 10.6 Å². The van der Waals surface area contributed by atoms with Crippen molar-refractivity contribution in [3.8, 4) is 0 Å². The first-order valence-corrected chi connectivity index (χ1v) is 11.8. The monoisotopic (exact) mass is 500 g/mol. The zero-order valence-corrected chi connectivity index (χ0v) is 20.2. The lowest BCUT2D eigenvalue weighted by molar-refractivity contribution is -0.116. The Bertz CT molecular complexity index is 1240. The summed E-state index contributed by atoms with van der Waals surface area (Å²) >= 11 is 0. The average molecular weight is 501 g/mol. The van der Waals surface area contributed by atoms with Crippen LogP contribution in [0.4, 0.5) is 10.5 Å². The van der Waals surface area contributed by atoms with Crippen LogP contribution in [0.3, 0.4) is 0 Å². The topological polar surface area (TPSA) is 138 Å². The highest BCUT2D eigenvalue weighted by atomic mass is 16.4. The van der Waals surface area contributed by atoms with Crippen LogP contribution in [0.2, 0.25) is 0 Å². The lowest BCUT2D eigenvalue weighted by Crippen LogP contribution is -2.23. The summed E-state index contributed by atoms with van der Waals surface area (Å²) in [7, 11) is 0. The molecule has 1 aromatic carbocycles. The van der Waals surface area contributed by atoms with E-state index < -0.39 is 6.09 Å². The van der Waals surface area contributed by atoms with Gasteiger partial charge in [0.05, 0.1) is 23.3 Å². The molecule has 3 heterocycles. The molecule has 0 unspecified atom stereocenters. The Labute approximate surface area is 214 Å². The number of hydrogen-bond acceptors (Lipinski definition) is 7. The van der Waals surface area contributed by atoms with E-state index in [-0.39, 0.29) is 12.5 Å². The molecule has 3 aromatic heterocycles. The van der Waals surface area contributed by atoms with Crippen LogP contribution in [0.5, 0.6) is 0 Å². The predicted octanol–water partition coefficient (Wildman–Crippen LogP) is 2.72. The molecule has 4 rings (SSSR count). The summed E-state index contributed by atoms with van der Waals surface area (Å²) in [6.07, 6.45) is 4.83. The Kier molecular flexibility index (Phi) is 8.87. The van der Waals surface area contributed by atoms with Crippen LogP contribution in [-0.2, 0) is 37.4 Å². The van der Waals surface area contributed by atoms with E-state index in [2.05, 4.69) is 35.8 Å². The van der Waals surface area contributed by atoms with Crippen molar-refractivity contribution >= 4 is 17.7 Å². The van der Waals surface area contributed by atoms with Gasteiger partial charge in [-0.2, -0.15) is 0 Å². The lowest BCUT2D eigenvalue weighted by atomic mass is 10.1. The first kappa shape index (κ1) is 25.5. The molecular formula is C26H28N8O3. The van der Waals surface area contributed by atoms with Crippen molar-refractivity contribution in [1.82, 2.24) is 35.2 Å². The first-order valence-electron chi connectivity index (χ1n) is 11.8. The molecular weight excluding hydrogens is 472 g/mol. The largest absolute Gasteiger partial charge is 0.465 e. The van der Waals surface area contributed by atoms with E-state index in [0.29, 0.717) is 38.3 Å². The number of pyridine rings is 2. The fraction of sp³-hybridized carbons (Fsp3) is 0.231. The number of carbonyl (C=O) groups is 2. The third kappa shape index (κ3) is 8.51. The predicted molar refractivity (Wildman–Crippen MR) is 136 cm³/mol. The van der Waals surface area contributed by atoms with E-state index in [0.717, 1.165) is 22.6 Å². The molecule has 0 fully saturated rings. The Morgan fingerprint density at radius 2 is 1.51 bits per heavy atom. The summed E-state index contributed by atoms with van der Waals surface area (Å²) in [6, 6.07) is 18.9. The molecule has 3 N–H and O–H groups in total. The number of hydrogen-bond donors (Lipinski definition) is 3. The Morgan fingerprint density at radius 1 is 0.865 bits per heavy atom. The summed E-state index contributed by atoms with van der Waals surface area (Å²) in [5.41, 5.74) is 4.23. The molecule has 0 spiro atoms. The van der Waals surface area contributed by atoms with Gasteiger partial charge in [-0.3, -0.25) is 19.7 Å². The van der Waals surface area contributed by atoms with E-state index in [1.165, 1.54) is 4.68 Å². The Morgan fingerprint density at radius 3 is 2.11 bits per heavy atom. The van der Waals surface area contributed by atoms with Gasteiger partial charge in [0.2, 0.25) is 5.91 Å². The van der Waals surface area contributed by atoms with E-state index in [1.807, 2.05) is 48.5 Å². The number of aromatic nitrogens is 5. The minimum absolute atomic E-state index is 0.0256. The van der Waals surface area contributed by atoms with E-state index in [1.54, 1.807) is 30.7 Å². The quantitative estimate of drug-likeness (QED) is 0.270. The summed E-state index contributed by atoms with van der Waals surface area (Å²) in [5.74, 6) is -0.226. The molecule has 0 radical (unpaired) electrons. The number of rotatable bonds is 12. The van der Waals surface area contributed by atoms with E-state index >= 15 is 0 Å². The number of benzene rings is 1. The van der Waals surface area contributed by atoms with Gasteiger partial charge in [0.25, 0.3) is 0 Å². The second-order valence-electron chi connectivity index (χ2n) is 8.42. The van der Waals surface area contributed by atoms with Crippen molar-refractivity contribution in [3.05, 3.63) is 102 Å². The van der Waals surface area contributed by atoms with Crippen molar-refractivity contribution in [2.45, 2.75) is 32.6 Å². The minimum Gasteiger partial charge on any atom is -0.465 e. The van der Waals surface area contributed by atoms with Crippen LogP contribution in [0.15, 0.2) is 79.3 Å². The van der Waals surface area contributed by atoms with E-state index in [9.17, 15) is 9.59 Å². The van der Waals surface area contributed by atoms with Gasteiger partial charge in [0.1, 0.15) is 6.54 Å². The molecule has 0 atom stereocenters. The maximum absolute atomic E-state index is 12.5. The molecule has 11 nitrogen and oxygen atoms in total. The van der Waals surface area contributed by atoms with Crippen LogP contribution in [0, 0.1) is 0 Å². The van der Waals surface area contributed by atoms with Crippen LogP contribution in [0.1, 0.15) is 22.6 Å². The number of amides is 2. The van der Waals surface area contributed by atoms with Gasteiger partial charge in [-0.15, -0.1) is 5.10 Å². The van der Waals surface area contributed by atoms with Crippen molar-refractivity contribution < 1.29 is 14.7 Å². The van der Waals surface area contributed by atoms with Crippen molar-refractivity contribution in [3.63, 3.8) is 0 Å². The number of carboxylic acid groups (broad SMARTS) is 1. The lowest BCUT2D eigenvalue weighted by Gasteiger charge is -2.20. The van der Waals surface area contributed by atoms with Gasteiger partial charge < -0.3 is 15.7 Å². The molecule has 2 amide bonds. The van der Waals surface area contributed by atoms with Crippen LogP contribution >= 0.6 is 0 Å². The molecule has 11 heteroatoms. The van der Waals surface area contributed by atoms with Gasteiger partial charge in [-0.05, 0) is 48.4 Å². The molecule has 4 aromatic rings. The second-order valence-corrected chi connectivity index (χ2v) is 8.42. The van der Waals surface area contributed by atoms with Crippen molar-refractivity contribution in [2.75, 3.05) is 11.9 Å². The Hall–Kier alpha value is -4.64. The van der Waals surface area contributed by atoms with Crippen molar-refractivity contribution in [2.24, 2.45) is 0 Å². The van der Waals surface area contributed by atoms with Crippen molar-refractivity contribution in [1.29, 1.82) is 0 Å². The highest BCUT2D eigenvalue weighted by Gasteiger charge is 2.13. The van der Waals surface area contributed by atoms with Gasteiger partial charge in [0.15, 0.2) is 0 Å². The van der Waals surface area contributed by atoms with Gasteiger partial charge in [-0.1, -0.05) is 29.5 Å². The summed E-state index contributed by atoms with van der Waals surface area (Å²) < 4.78 is 1.51. The molecule has 0 aliphatic rings. The molecule has 0 saturated heterocycles. The van der Waals surface area contributed by atoms with Gasteiger partial charge in [0, 0.05) is 44.3 Å². The molecule has 0 saturated carbocycles. The highest BCUT2D eigenvalue weighted by molar-refractivity contribution is 5.90.